The number of rotatable bonds is 4. The zero-order valence-corrected chi connectivity index (χ0v) is 13.1. The van der Waals surface area contributed by atoms with E-state index in [1.807, 2.05) is 43.3 Å². The minimum Gasteiger partial charge on any atom is -0.497 e. The van der Waals surface area contributed by atoms with Crippen LogP contribution >= 0.6 is 0 Å². The van der Waals surface area contributed by atoms with E-state index in [1.165, 1.54) is 0 Å². The maximum atomic E-state index is 12.9. The summed E-state index contributed by atoms with van der Waals surface area (Å²) in [5, 5.41) is 0.873. The SMILES string of the molecule is COc1ccc2c(c1)c(CC=O)c(C)n2C(=O)c1ccccc1. The van der Waals surface area contributed by atoms with E-state index in [0.717, 1.165) is 28.4 Å². The van der Waals surface area contributed by atoms with E-state index in [4.69, 9.17) is 4.74 Å². The van der Waals surface area contributed by atoms with Gasteiger partial charge in [0.05, 0.1) is 12.6 Å². The van der Waals surface area contributed by atoms with Gasteiger partial charge in [0.1, 0.15) is 12.0 Å². The molecule has 3 rings (SSSR count). The first-order valence-electron chi connectivity index (χ1n) is 7.38. The molecule has 0 aliphatic carbocycles. The number of hydrogen-bond acceptors (Lipinski definition) is 3. The highest BCUT2D eigenvalue weighted by Gasteiger charge is 2.19. The lowest BCUT2D eigenvalue weighted by Crippen LogP contribution is -2.13. The number of fused-ring (bicyclic) bond motifs is 1. The molecule has 0 amide bonds. The molecule has 2 aromatic carbocycles. The van der Waals surface area contributed by atoms with Gasteiger partial charge < -0.3 is 9.53 Å². The minimum absolute atomic E-state index is 0.101. The molecule has 0 fully saturated rings. The second-order valence-electron chi connectivity index (χ2n) is 5.32. The second-order valence-corrected chi connectivity index (χ2v) is 5.32. The molecule has 116 valence electrons. The number of methoxy groups -OCH3 is 1. The van der Waals surface area contributed by atoms with Crippen LogP contribution in [0.1, 0.15) is 21.6 Å². The fourth-order valence-corrected chi connectivity index (χ4v) is 2.90. The van der Waals surface area contributed by atoms with Gasteiger partial charge in [-0.25, -0.2) is 0 Å². The number of carbonyl (C=O) groups excluding carboxylic acids is 2. The van der Waals surface area contributed by atoms with Crippen LogP contribution in [0.4, 0.5) is 0 Å². The highest BCUT2D eigenvalue weighted by Crippen LogP contribution is 2.30. The number of aromatic nitrogens is 1. The van der Waals surface area contributed by atoms with Crippen LogP contribution in [0.3, 0.4) is 0 Å². The van der Waals surface area contributed by atoms with Crippen molar-refractivity contribution in [3.05, 3.63) is 65.4 Å². The lowest BCUT2D eigenvalue weighted by Gasteiger charge is -2.07. The van der Waals surface area contributed by atoms with Crippen LogP contribution in [-0.2, 0) is 11.2 Å². The zero-order chi connectivity index (χ0) is 16.4. The van der Waals surface area contributed by atoms with E-state index < -0.39 is 0 Å². The Morgan fingerprint density at radius 3 is 2.57 bits per heavy atom. The first-order chi connectivity index (χ1) is 11.2. The summed E-state index contributed by atoms with van der Waals surface area (Å²) in [6, 6.07) is 14.7. The number of ether oxygens (including phenoxy) is 1. The molecule has 4 heteroatoms. The quantitative estimate of drug-likeness (QED) is 0.694. The van der Waals surface area contributed by atoms with Crippen molar-refractivity contribution in [1.82, 2.24) is 4.57 Å². The summed E-state index contributed by atoms with van der Waals surface area (Å²) in [6.45, 7) is 1.87. The van der Waals surface area contributed by atoms with E-state index in [9.17, 15) is 9.59 Å². The Morgan fingerprint density at radius 2 is 1.91 bits per heavy atom. The smallest absolute Gasteiger partial charge is 0.262 e. The van der Waals surface area contributed by atoms with E-state index in [-0.39, 0.29) is 12.3 Å². The molecule has 0 saturated heterocycles. The molecule has 0 aliphatic heterocycles. The van der Waals surface area contributed by atoms with Crippen LogP contribution in [0, 0.1) is 6.92 Å². The predicted octanol–water partition coefficient (Wildman–Crippen LogP) is 3.39. The number of carbonyl (C=O) groups is 2. The molecule has 0 radical (unpaired) electrons. The number of aldehydes is 1. The van der Waals surface area contributed by atoms with Crippen molar-refractivity contribution in [3.8, 4) is 5.75 Å². The average molecular weight is 307 g/mol. The van der Waals surface area contributed by atoms with Gasteiger partial charge in [-0.3, -0.25) is 9.36 Å². The molecule has 1 heterocycles. The van der Waals surface area contributed by atoms with Crippen LogP contribution in [0.15, 0.2) is 48.5 Å². The maximum absolute atomic E-state index is 12.9. The molecule has 0 atom stereocenters. The van der Waals surface area contributed by atoms with Gasteiger partial charge in [-0.05, 0) is 42.8 Å². The van der Waals surface area contributed by atoms with Crippen molar-refractivity contribution in [3.63, 3.8) is 0 Å². The van der Waals surface area contributed by atoms with Gasteiger partial charge in [-0.2, -0.15) is 0 Å². The monoisotopic (exact) mass is 307 g/mol. The first-order valence-corrected chi connectivity index (χ1v) is 7.38. The Morgan fingerprint density at radius 1 is 1.17 bits per heavy atom. The van der Waals surface area contributed by atoms with Crippen molar-refractivity contribution in [2.24, 2.45) is 0 Å². The van der Waals surface area contributed by atoms with Gasteiger partial charge in [-0.1, -0.05) is 18.2 Å². The molecule has 0 unspecified atom stereocenters. The summed E-state index contributed by atoms with van der Waals surface area (Å²) in [5.41, 5.74) is 3.04. The van der Waals surface area contributed by atoms with Crippen molar-refractivity contribution < 1.29 is 14.3 Å². The van der Waals surface area contributed by atoms with Crippen LogP contribution in [-0.4, -0.2) is 23.9 Å². The van der Waals surface area contributed by atoms with Crippen molar-refractivity contribution in [2.45, 2.75) is 13.3 Å². The van der Waals surface area contributed by atoms with Gasteiger partial charge in [0.25, 0.3) is 5.91 Å². The van der Waals surface area contributed by atoms with Crippen molar-refractivity contribution >= 4 is 23.1 Å². The van der Waals surface area contributed by atoms with Crippen LogP contribution in [0.5, 0.6) is 5.75 Å². The Labute approximate surface area is 134 Å². The van der Waals surface area contributed by atoms with Gasteiger partial charge in [0, 0.05) is 23.1 Å². The Balaban J connectivity index is 2.26. The summed E-state index contributed by atoms with van der Waals surface area (Å²) in [4.78, 5) is 23.9. The molecule has 3 aromatic rings. The third-order valence-corrected chi connectivity index (χ3v) is 4.05. The standard InChI is InChI=1S/C19H17NO3/c1-13-16(10-11-21)17-12-15(23-2)8-9-18(17)20(13)19(22)14-6-4-3-5-7-14/h3-9,11-12H,10H2,1-2H3. The fraction of sp³-hybridized carbons (Fsp3) is 0.158. The molecule has 23 heavy (non-hydrogen) atoms. The Bertz CT molecular complexity index is 879. The molecule has 0 N–H and O–H groups in total. The third kappa shape index (κ3) is 2.52. The van der Waals surface area contributed by atoms with E-state index in [1.54, 1.807) is 23.8 Å². The Hall–Kier alpha value is -2.88. The average Bonchev–Trinajstić information content (AvgIpc) is 2.87. The molecule has 0 spiro atoms. The molecular weight excluding hydrogens is 290 g/mol. The summed E-state index contributed by atoms with van der Waals surface area (Å²) in [7, 11) is 1.60. The number of nitrogens with zero attached hydrogens (tertiary/aromatic N) is 1. The van der Waals surface area contributed by atoms with E-state index in [0.29, 0.717) is 11.3 Å². The minimum atomic E-state index is -0.101. The van der Waals surface area contributed by atoms with Crippen LogP contribution in [0.25, 0.3) is 10.9 Å². The zero-order valence-electron chi connectivity index (χ0n) is 13.1. The third-order valence-electron chi connectivity index (χ3n) is 4.05. The highest BCUT2D eigenvalue weighted by molar-refractivity contribution is 6.04. The molecule has 1 aromatic heterocycles. The van der Waals surface area contributed by atoms with Crippen molar-refractivity contribution in [2.75, 3.05) is 7.11 Å². The summed E-state index contributed by atoms with van der Waals surface area (Å²) in [5.74, 6) is 0.601. The largest absolute Gasteiger partial charge is 0.497 e. The van der Waals surface area contributed by atoms with Gasteiger partial charge in [-0.15, -0.1) is 0 Å². The van der Waals surface area contributed by atoms with E-state index >= 15 is 0 Å². The lowest BCUT2D eigenvalue weighted by atomic mass is 10.1. The predicted molar refractivity (Wildman–Crippen MR) is 89.2 cm³/mol. The summed E-state index contributed by atoms with van der Waals surface area (Å²) in [6.07, 6.45) is 1.13. The van der Waals surface area contributed by atoms with Gasteiger partial charge in [0.15, 0.2) is 0 Å². The van der Waals surface area contributed by atoms with Gasteiger partial charge in [0.2, 0.25) is 0 Å². The normalized spacial score (nSPS) is 10.7. The Kier molecular flexibility index (Phi) is 3.98. The number of benzene rings is 2. The van der Waals surface area contributed by atoms with E-state index in [2.05, 4.69) is 0 Å². The topological polar surface area (TPSA) is 48.3 Å². The maximum Gasteiger partial charge on any atom is 0.262 e. The molecule has 4 nitrogen and oxygen atoms in total. The first kappa shape index (κ1) is 15.0. The number of hydrogen-bond donors (Lipinski definition) is 0. The molecule has 0 bridgehead atoms. The molecule has 0 aliphatic rings. The lowest BCUT2D eigenvalue weighted by molar-refractivity contribution is -0.107. The van der Waals surface area contributed by atoms with Gasteiger partial charge >= 0.3 is 0 Å². The second kappa shape index (κ2) is 6.08. The van der Waals surface area contributed by atoms with Crippen LogP contribution in [0.2, 0.25) is 0 Å². The molecule has 0 saturated carbocycles. The molecular formula is C19H17NO3. The highest BCUT2D eigenvalue weighted by atomic mass is 16.5. The van der Waals surface area contributed by atoms with Crippen LogP contribution < -0.4 is 4.74 Å². The summed E-state index contributed by atoms with van der Waals surface area (Å²) >= 11 is 0. The van der Waals surface area contributed by atoms with Crippen molar-refractivity contribution in [1.29, 1.82) is 0 Å². The summed E-state index contributed by atoms with van der Waals surface area (Å²) < 4.78 is 6.94. The fourth-order valence-electron chi connectivity index (χ4n) is 2.90.